The molecule has 0 radical (unpaired) electrons. The fourth-order valence-corrected chi connectivity index (χ4v) is 2.15. The van der Waals surface area contributed by atoms with Crippen LogP contribution in [0.3, 0.4) is 0 Å². The van der Waals surface area contributed by atoms with E-state index in [1.165, 1.54) is 20.0 Å². The number of nitrogens with one attached hydrogen (secondary N) is 1. The van der Waals surface area contributed by atoms with Gasteiger partial charge in [-0.1, -0.05) is 6.07 Å². The van der Waals surface area contributed by atoms with Gasteiger partial charge in [-0.15, -0.1) is 0 Å². The van der Waals surface area contributed by atoms with E-state index in [0.717, 1.165) is 0 Å². The molecule has 0 bridgehead atoms. The molecule has 1 aliphatic heterocycles. The zero-order valence-electron chi connectivity index (χ0n) is 14.0. The van der Waals surface area contributed by atoms with E-state index < -0.39 is 23.7 Å². The van der Waals surface area contributed by atoms with Crippen LogP contribution in [0.15, 0.2) is 30.0 Å². The number of rotatable bonds is 4. The predicted molar refractivity (Wildman–Crippen MR) is 85.1 cm³/mol. The first-order valence-electron chi connectivity index (χ1n) is 7.45. The third-order valence-corrected chi connectivity index (χ3v) is 3.32. The monoisotopic (exact) mass is 333 g/mol. The third-order valence-electron chi connectivity index (χ3n) is 3.32. The minimum atomic E-state index is -1.29. The second kappa shape index (κ2) is 6.74. The lowest BCUT2D eigenvalue weighted by Gasteiger charge is -2.29. The van der Waals surface area contributed by atoms with Crippen molar-refractivity contribution in [1.82, 2.24) is 0 Å². The first-order valence-corrected chi connectivity index (χ1v) is 7.45. The summed E-state index contributed by atoms with van der Waals surface area (Å²) in [6.45, 7) is 6.67. The number of esters is 3. The summed E-state index contributed by atoms with van der Waals surface area (Å²) in [6, 6.07) is 5.01. The maximum Gasteiger partial charge on any atom is 0.350 e. The minimum Gasteiger partial charge on any atom is -0.462 e. The zero-order chi connectivity index (χ0) is 17.9. The van der Waals surface area contributed by atoms with Crippen LogP contribution >= 0.6 is 0 Å². The number of hydrogen-bond donors (Lipinski definition) is 1. The molecule has 24 heavy (non-hydrogen) atoms. The zero-order valence-corrected chi connectivity index (χ0v) is 14.0. The Hall–Kier alpha value is -2.83. The molecule has 0 spiro atoms. The smallest absolute Gasteiger partial charge is 0.350 e. The first-order chi connectivity index (χ1) is 11.2. The van der Waals surface area contributed by atoms with E-state index in [0.29, 0.717) is 16.8 Å². The molecule has 7 heteroatoms. The van der Waals surface area contributed by atoms with Crippen molar-refractivity contribution in [2.24, 2.45) is 0 Å². The van der Waals surface area contributed by atoms with Crippen molar-refractivity contribution in [3.8, 4) is 0 Å². The van der Waals surface area contributed by atoms with Gasteiger partial charge >= 0.3 is 17.9 Å². The van der Waals surface area contributed by atoms with E-state index in [-0.39, 0.29) is 12.2 Å². The highest BCUT2D eigenvalue weighted by Gasteiger charge is 2.38. The van der Waals surface area contributed by atoms with Crippen LogP contribution in [0.25, 0.3) is 0 Å². The van der Waals surface area contributed by atoms with Crippen LogP contribution in [0.2, 0.25) is 0 Å². The summed E-state index contributed by atoms with van der Waals surface area (Å²) in [7, 11) is 0. The molecule has 1 saturated heterocycles. The molecule has 0 unspecified atom stereocenters. The summed E-state index contributed by atoms with van der Waals surface area (Å²) >= 11 is 0. The van der Waals surface area contributed by atoms with Gasteiger partial charge in [0.05, 0.1) is 12.2 Å². The van der Waals surface area contributed by atoms with Crippen molar-refractivity contribution in [2.45, 2.75) is 33.5 Å². The third kappa shape index (κ3) is 3.73. The summed E-state index contributed by atoms with van der Waals surface area (Å²) in [6.07, 6.45) is 1.21. The van der Waals surface area contributed by atoms with Crippen LogP contribution in [-0.2, 0) is 23.8 Å². The van der Waals surface area contributed by atoms with E-state index >= 15 is 0 Å². The summed E-state index contributed by atoms with van der Waals surface area (Å²) in [5, 5.41) is 2.84. The fourth-order valence-electron chi connectivity index (χ4n) is 2.15. The van der Waals surface area contributed by atoms with Crippen molar-refractivity contribution in [3.63, 3.8) is 0 Å². The highest BCUT2D eigenvalue weighted by Crippen LogP contribution is 2.24. The average molecular weight is 333 g/mol. The van der Waals surface area contributed by atoms with Crippen LogP contribution in [-0.4, -0.2) is 30.3 Å². The average Bonchev–Trinajstić information content (AvgIpc) is 2.47. The van der Waals surface area contributed by atoms with Crippen molar-refractivity contribution in [2.75, 3.05) is 11.9 Å². The number of carbonyl (C=O) groups is 3. The van der Waals surface area contributed by atoms with Gasteiger partial charge < -0.3 is 19.5 Å². The maximum atomic E-state index is 11.9. The SMILES string of the molecule is CCOC(=O)c1cccc(NC=C2C(=O)OC(C)(C)OC2=O)c1C. The summed E-state index contributed by atoms with van der Waals surface area (Å²) in [4.78, 5) is 35.6. The Bertz CT molecular complexity index is 698. The summed E-state index contributed by atoms with van der Waals surface area (Å²) < 4.78 is 15.0. The molecule has 128 valence electrons. The molecule has 1 fully saturated rings. The maximum absolute atomic E-state index is 11.9. The highest BCUT2D eigenvalue weighted by molar-refractivity contribution is 6.15. The lowest BCUT2D eigenvalue weighted by atomic mass is 10.1. The Kier molecular flexibility index (Phi) is 4.92. The Labute approximate surface area is 139 Å². The van der Waals surface area contributed by atoms with Crippen molar-refractivity contribution >= 4 is 23.6 Å². The molecule has 0 aliphatic carbocycles. The van der Waals surface area contributed by atoms with Gasteiger partial charge in [0.1, 0.15) is 0 Å². The molecule has 0 saturated carbocycles. The molecular formula is C17H19NO6. The number of ether oxygens (including phenoxy) is 3. The predicted octanol–water partition coefficient (Wildman–Crippen LogP) is 2.30. The topological polar surface area (TPSA) is 90.9 Å². The Morgan fingerprint density at radius 1 is 1.25 bits per heavy atom. The van der Waals surface area contributed by atoms with Crippen LogP contribution < -0.4 is 5.32 Å². The molecule has 2 rings (SSSR count). The van der Waals surface area contributed by atoms with E-state index in [1.807, 2.05) is 0 Å². The molecule has 1 N–H and O–H groups in total. The van der Waals surface area contributed by atoms with Crippen molar-refractivity contribution in [1.29, 1.82) is 0 Å². The van der Waals surface area contributed by atoms with Crippen molar-refractivity contribution in [3.05, 3.63) is 41.1 Å². The van der Waals surface area contributed by atoms with Gasteiger partial charge in [0, 0.05) is 25.7 Å². The second-order valence-electron chi connectivity index (χ2n) is 5.58. The molecule has 0 aromatic heterocycles. The normalized spacial score (nSPS) is 16.1. The highest BCUT2D eigenvalue weighted by atomic mass is 16.7. The molecule has 1 heterocycles. The standard InChI is InChI=1S/C17H19NO6/c1-5-22-14(19)11-7-6-8-13(10(11)2)18-9-12-15(20)23-17(3,4)24-16(12)21/h6-9,18H,5H2,1-4H3. The van der Waals surface area contributed by atoms with Gasteiger partial charge in [-0.2, -0.15) is 0 Å². The van der Waals surface area contributed by atoms with Gasteiger partial charge in [-0.3, -0.25) is 0 Å². The van der Waals surface area contributed by atoms with Crippen LogP contribution in [0.5, 0.6) is 0 Å². The quantitative estimate of drug-likeness (QED) is 0.513. The van der Waals surface area contributed by atoms with E-state index in [2.05, 4.69) is 5.32 Å². The molecule has 1 aromatic carbocycles. The van der Waals surface area contributed by atoms with Crippen LogP contribution in [0.4, 0.5) is 5.69 Å². The number of carbonyl (C=O) groups excluding carboxylic acids is 3. The van der Waals surface area contributed by atoms with Crippen LogP contribution in [0.1, 0.15) is 36.7 Å². The number of benzene rings is 1. The largest absolute Gasteiger partial charge is 0.462 e. The Morgan fingerprint density at radius 2 is 1.88 bits per heavy atom. The molecule has 0 atom stereocenters. The Balaban J connectivity index is 2.23. The lowest BCUT2D eigenvalue weighted by Crippen LogP contribution is -2.42. The first kappa shape index (κ1) is 17.5. The summed E-state index contributed by atoms with van der Waals surface area (Å²) in [5.74, 6) is -3.28. The van der Waals surface area contributed by atoms with E-state index in [9.17, 15) is 14.4 Å². The Morgan fingerprint density at radius 3 is 2.46 bits per heavy atom. The molecular weight excluding hydrogens is 314 g/mol. The van der Waals surface area contributed by atoms with E-state index in [1.54, 1.807) is 32.0 Å². The number of anilines is 1. The van der Waals surface area contributed by atoms with Gasteiger partial charge in [0.15, 0.2) is 5.57 Å². The van der Waals surface area contributed by atoms with Crippen molar-refractivity contribution < 1.29 is 28.6 Å². The molecule has 7 nitrogen and oxygen atoms in total. The number of hydrogen-bond acceptors (Lipinski definition) is 7. The summed E-state index contributed by atoms with van der Waals surface area (Å²) in [5.41, 5.74) is 1.33. The van der Waals surface area contributed by atoms with E-state index in [4.69, 9.17) is 14.2 Å². The fraction of sp³-hybridized carbons (Fsp3) is 0.353. The lowest BCUT2D eigenvalue weighted by molar-refractivity contribution is -0.222. The second-order valence-corrected chi connectivity index (χ2v) is 5.58. The van der Waals surface area contributed by atoms with Gasteiger partial charge in [0.2, 0.25) is 0 Å². The van der Waals surface area contributed by atoms with Gasteiger partial charge in [-0.05, 0) is 31.5 Å². The molecule has 0 amide bonds. The number of cyclic esters (lactones) is 2. The molecule has 1 aromatic rings. The van der Waals surface area contributed by atoms with Crippen LogP contribution in [0, 0.1) is 6.92 Å². The molecule has 1 aliphatic rings. The van der Waals surface area contributed by atoms with Gasteiger partial charge in [-0.25, -0.2) is 14.4 Å². The van der Waals surface area contributed by atoms with Gasteiger partial charge in [0.25, 0.3) is 5.79 Å². The minimum absolute atomic E-state index is 0.254.